The molecular weight excluding hydrogens is 332 g/mol. The van der Waals surface area contributed by atoms with Crippen LogP contribution < -0.4 is 5.32 Å². The molecule has 1 heterocycles. The predicted octanol–water partition coefficient (Wildman–Crippen LogP) is 4.53. The molecule has 0 radical (unpaired) electrons. The van der Waals surface area contributed by atoms with Gasteiger partial charge in [-0.15, -0.1) is 0 Å². The Kier molecular flexibility index (Phi) is 4.26. The monoisotopic (exact) mass is 352 g/mol. The van der Waals surface area contributed by atoms with E-state index in [1.807, 2.05) is 24.3 Å². The lowest BCUT2D eigenvalue weighted by Crippen LogP contribution is -2.35. The Morgan fingerprint density at radius 2 is 1.84 bits per heavy atom. The van der Waals surface area contributed by atoms with Crippen LogP contribution in [-0.4, -0.2) is 17.0 Å². The van der Waals surface area contributed by atoms with Crippen molar-refractivity contribution in [2.24, 2.45) is 0 Å². The Morgan fingerprint density at radius 3 is 2.60 bits per heavy atom. The molecule has 0 aliphatic heterocycles. The van der Waals surface area contributed by atoms with Gasteiger partial charge in [0.05, 0.1) is 5.41 Å². The first-order valence-corrected chi connectivity index (χ1v) is 9.15. The highest BCUT2D eigenvalue weighted by Gasteiger charge is 2.50. The second kappa shape index (κ2) is 6.57. The minimum absolute atomic E-state index is 0.146. The Hall–Kier alpha value is -2.26. The van der Waals surface area contributed by atoms with Crippen molar-refractivity contribution in [3.8, 4) is 0 Å². The molecule has 2 aromatic carbocycles. The molecule has 3 aromatic rings. The van der Waals surface area contributed by atoms with Crippen LogP contribution in [0.1, 0.15) is 24.8 Å². The molecule has 4 heteroatoms. The maximum atomic E-state index is 12.6. The van der Waals surface area contributed by atoms with Crippen molar-refractivity contribution >= 4 is 28.4 Å². The highest BCUT2D eigenvalue weighted by Crippen LogP contribution is 2.48. The predicted molar refractivity (Wildman–Crippen MR) is 102 cm³/mol. The van der Waals surface area contributed by atoms with Gasteiger partial charge in [0.1, 0.15) is 0 Å². The molecule has 1 aliphatic rings. The zero-order valence-electron chi connectivity index (χ0n) is 14.0. The van der Waals surface area contributed by atoms with Gasteiger partial charge in [0.2, 0.25) is 5.91 Å². The molecule has 3 nitrogen and oxygen atoms in total. The largest absolute Gasteiger partial charge is 0.355 e. The van der Waals surface area contributed by atoms with Gasteiger partial charge in [-0.1, -0.05) is 41.9 Å². The fourth-order valence-corrected chi connectivity index (χ4v) is 3.62. The molecule has 1 N–H and O–H groups in total. The van der Waals surface area contributed by atoms with Crippen LogP contribution in [0, 0.1) is 0 Å². The number of aromatic nitrogens is 1. The van der Waals surface area contributed by atoms with Crippen LogP contribution >= 0.6 is 11.6 Å². The number of fused-ring (bicyclic) bond motifs is 1. The maximum absolute atomic E-state index is 12.6. The van der Waals surface area contributed by atoms with Gasteiger partial charge in [-0.2, -0.15) is 0 Å². The van der Waals surface area contributed by atoms with Crippen LogP contribution in [0.25, 0.3) is 10.9 Å². The van der Waals surface area contributed by atoms with Gasteiger partial charge in [-0.25, -0.2) is 0 Å². The number of hydrogen-bond donors (Lipinski definition) is 1. The first kappa shape index (κ1) is 16.2. The lowest BCUT2D eigenvalue weighted by atomic mass is 9.95. The molecule has 25 heavy (non-hydrogen) atoms. The summed E-state index contributed by atoms with van der Waals surface area (Å²) in [5.74, 6) is 0.146. The van der Waals surface area contributed by atoms with Gasteiger partial charge < -0.3 is 9.88 Å². The summed E-state index contributed by atoms with van der Waals surface area (Å²) in [6.45, 7) is 1.60. The standard InChI is InChI=1S/C21H21ClN2O/c22-18-8-6-17(7-9-18)21(11-12-21)20(25)23-13-3-14-24-15-10-16-4-1-2-5-19(16)24/h1-2,4-10,15H,3,11-14H2,(H,23,25). The third-order valence-electron chi connectivity index (χ3n) is 5.12. The smallest absolute Gasteiger partial charge is 0.230 e. The van der Waals surface area contributed by atoms with E-state index < -0.39 is 0 Å². The van der Waals surface area contributed by atoms with Crippen molar-refractivity contribution in [2.75, 3.05) is 6.54 Å². The SMILES string of the molecule is O=C(NCCCn1ccc2ccccc21)C1(c2ccc(Cl)cc2)CC1. The quantitative estimate of drug-likeness (QED) is 0.649. The lowest BCUT2D eigenvalue weighted by Gasteiger charge is -2.16. The normalized spacial score (nSPS) is 15.2. The molecule has 1 amide bonds. The molecule has 1 aliphatic carbocycles. The van der Waals surface area contributed by atoms with Crippen LogP contribution in [0.4, 0.5) is 0 Å². The Labute approximate surface area is 152 Å². The number of carbonyl (C=O) groups excluding carboxylic acids is 1. The fraction of sp³-hybridized carbons (Fsp3) is 0.286. The molecule has 1 aromatic heterocycles. The highest BCUT2D eigenvalue weighted by atomic mass is 35.5. The molecule has 0 atom stereocenters. The molecule has 0 unspecified atom stereocenters. The van der Waals surface area contributed by atoms with Crippen molar-refractivity contribution in [3.05, 3.63) is 71.4 Å². The number of para-hydroxylation sites is 1. The summed E-state index contributed by atoms with van der Waals surface area (Å²) in [6.07, 6.45) is 4.87. The number of carbonyl (C=O) groups is 1. The summed E-state index contributed by atoms with van der Waals surface area (Å²) in [7, 11) is 0. The highest BCUT2D eigenvalue weighted by molar-refractivity contribution is 6.30. The zero-order valence-corrected chi connectivity index (χ0v) is 14.8. The summed E-state index contributed by atoms with van der Waals surface area (Å²) in [4.78, 5) is 12.6. The van der Waals surface area contributed by atoms with E-state index in [1.165, 1.54) is 10.9 Å². The molecule has 128 valence electrons. The van der Waals surface area contributed by atoms with Gasteiger partial charge >= 0.3 is 0 Å². The number of benzene rings is 2. The third-order valence-corrected chi connectivity index (χ3v) is 5.38. The number of halogens is 1. The first-order chi connectivity index (χ1) is 12.2. The van der Waals surface area contributed by atoms with Crippen LogP contribution in [0.2, 0.25) is 5.02 Å². The van der Waals surface area contributed by atoms with E-state index in [-0.39, 0.29) is 11.3 Å². The number of aryl methyl sites for hydroxylation is 1. The Bertz CT molecular complexity index is 894. The number of nitrogens with one attached hydrogen (secondary N) is 1. The van der Waals surface area contributed by atoms with Crippen molar-refractivity contribution in [3.63, 3.8) is 0 Å². The average Bonchev–Trinajstić information content (AvgIpc) is 3.35. The topological polar surface area (TPSA) is 34.0 Å². The second-order valence-corrected chi connectivity index (χ2v) is 7.20. The maximum Gasteiger partial charge on any atom is 0.230 e. The molecule has 1 fully saturated rings. The van der Waals surface area contributed by atoms with E-state index >= 15 is 0 Å². The van der Waals surface area contributed by atoms with E-state index in [9.17, 15) is 4.79 Å². The number of hydrogen-bond acceptors (Lipinski definition) is 1. The molecule has 0 spiro atoms. The van der Waals surface area contributed by atoms with E-state index in [4.69, 9.17) is 11.6 Å². The van der Waals surface area contributed by atoms with E-state index in [1.54, 1.807) is 0 Å². The number of amides is 1. The number of rotatable bonds is 6. The summed E-state index contributed by atoms with van der Waals surface area (Å²) < 4.78 is 2.24. The van der Waals surface area contributed by atoms with Gasteiger partial charge in [0.25, 0.3) is 0 Å². The minimum atomic E-state index is -0.329. The van der Waals surface area contributed by atoms with E-state index in [0.29, 0.717) is 11.6 Å². The molecule has 0 saturated heterocycles. The van der Waals surface area contributed by atoms with Crippen molar-refractivity contribution in [1.82, 2.24) is 9.88 Å². The summed E-state index contributed by atoms with van der Waals surface area (Å²) in [6, 6.07) is 18.2. The van der Waals surface area contributed by atoms with Crippen LogP contribution in [0.3, 0.4) is 0 Å². The van der Waals surface area contributed by atoms with Gasteiger partial charge in [0.15, 0.2) is 0 Å². The summed E-state index contributed by atoms with van der Waals surface area (Å²) >= 11 is 5.95. The lowest BCUT2D eigenvalue weighted by molar-refractivity contribution is -0.123. The van der Waals surface area contributed by atoms with Gasteiger partial charge in [-0.05, 0) is 54.5 Å². The Balaban J connectivity index is 1.33. The van der Waals surface area contributed by atoms with Gasteiger partial charge in [0, 0.05) is 29.8 Å². The Morgan fingerprint density at radius 1 is 1.08 bits per heavy atom. The van der Waals surface area contributed by atoms with Crippen LogP contribution in [0.15, 0.2) is 60.8 Å². The van der Waals surface area contributed by atoms with E-state index in [2.05, 4.69) is 46.4 Å². The van der Waals surface area contributed by atoms with Crippen molar-refractivity contribution < 1.29 is 4.79 Å². The molecule has 1 saturated carbocycles. The number of nitrogens with zero attached hydrogens (tertiary/aromatic N) is 1. The fourth-order valence-electron chi connectivity index (χ4n) is 3.50. The second-order valence-electron chi connectivity index (χ2n) is 6.77. The first-order valence-electron chi connectivity index (χ1n) is 8.77. The van der Waals surface area contributed by atoms with Crippen LogP contribution in [0.5, 0.6) is 0 Å². The minimum Gasteiger partial charge on any atom is -0.355 e. The average molecular weight is 353 g/mol. The third kappa shape index (κ3) is 3.16. The van der Waals surface area contributed by atoms with Crippen LogP contribution in [-0.2, 0) is 16.8 Å². The molecule has 4 rings (SSSR count). The van der Waals surface area contributed by atoms with Crippen molar-refractivity contribution in [2.45, 2.75) is 31.2 Å². The summed E-state index contributed by atoms with van der Waals surface area (Å²) in [5, 5.41) is 5.09. The zero-order chi connectivity index (χ0) is 17.3. The summed E-state index contributed by atoms with van der Waals surface area (Å²) in [5.41, 5.74) is 1.99. The van der Waals surface area contributed by atoms with Crippen molar-refractivity contribution in [1.29, 1.82) is 0 Å². The molecule has 0 bridgehead atoms. The van der Waals surface area contributed by atoms with Gasteiger partial charge in [-0.3, -0.25) is 4.79 Å². The van der Waals surface area contributed by atoms with E-state index in [0.717, 1.165) is 31.4 Å². The molecular formula is C21H21ClN2O.